The predicted molar refractivity (Wildman–Crippen MR) is 110 cm³/mol. The quantitative estimate of drug-likeness (QED) is 0.519. The van der Waals surface area contributed by atoms with Crippen LogP contribution >= 0.6 is 11.3 Å². The number of esters is 1. The van der Waals surface area contributed by atoms with Crippen molar-refractivity contribution in [3.8, 4) is 0 Å². The molecule has 0 saturated heterocycles. The number of carbonyl (C=O) groups excluding carboxylic acids is 3. The maximum Gasteiger partial charge on any atom is 0.354 e. The van der Waals surface area contributed by atoms with Crippen LogP contribution in [0.2, 0.25) is 0 Å². The first kappa shape index (κ1) is 21.9. The average Bonchev–Trinajstić information content (AvgIpc) is 3.25. The van der Waals surface area contributed by atoms with Gasteiger partial charge in [-0.25, -0.2) is 4.79 Å². The Labute approximate surface area is 170 Å². The summed E-state index contributed by atoms with van der Waals surface area (Å²) < 4.78 is 6.54. The Kier molecular flexibility index (Phi) is 6.82. The van der Waals surface area contributed by atoms with Crippen molar-refractivity contribution in [2.75, 3.05) is 13.7 Å². The molecule has 2 rings (SSSR count). The second kappa shape index (κ2) is 8.73. The molecule has 1 atom stereocenters. The third-order valence-electron chi connectivity index (χ3n) is 4.96. The summed E-state index contributed by atoms with van der Waals surface area (Å²) in [4.78, 5) is 40.8. The van der Waals surface area contributed by atoms with Gasteiger partial charge in [-0.15, -0.1) is 11.3 Å². The summed E-state index contributed by atoms with van der Waals surface area (Å²) in [6.45, 7) is 9.79. The van der Waals surface area contributed by atoms with Gasteiger partial charge in [0.15, 0.2) is 5.78 Å². The molecule has 152 valence electrons. The SMILES string of the molecule is COC(=O)c1c(C)c(C(=O)[C@@H](C)N(CC(C)C)C(=O)c2cccs2)c(C)n1C. The first-order valence-electron chi connectivity index (χ1n) is 9.24. The van der Waals surface area contributed by atoms with Gasteiger partial charge in [-0.2, -0.15) is 0 Å². The van der Waals surface area contributed by atoms with Gasteiger partial charge in [0, 0.05) is 24.8 Å². The molecule has 0 N–H and O–H groups in total. The number of rotatable bonds is 7. The first-order chi connectivity index (χ1) is 13.1. The largest absolute Gasteiger partial charge is 0.464 e. The molecular formula is C21H28N2O4S. The van der Waals surface area contributed by atoms with E-state index < -0.39 is 12.0 Å². The number of nitrogens with zero attached hydrogens (tertiary/aromatic N) is 2. The van der Waals surface area contributed by atoms with Gasteiger partial charge in [0.25, 0.3) is 5.91 Å². The van der Waals surface area contributed by atoms with Crippen LogP contribution in [0.5, 0.6) is 0 Å². The summed E-state index contributed by atoms with van der Waals surface area (Å²) in [6, 6.07) is 2.94. The number of amides is 1. The standard InChI is InChI=1S/C21H28N2O4S/c1-12(2)11-23(20(25)16-9-8-10-28-16)15(5)19(24)17-13(3)18(21(26)27-7)22(6)14(17)4/h8-10,12,15H,11H2,1-7H3/t15-/m1/s1. The van der Waals surface area contributed by atoms with Crippen molar-refractivity contribution in [2.45, 2.75) is 40.7 Å². The topological polar surface area (TPSA) is 68.6 Å². The Morgan fingerprint density at radius 3 is 2.36 bits per heavy atom. The zero-order valence-corrected chi connectivity index (χ0v) is 18.3. The molecule has 7 heteroatoms. The van der Waals surface area contributed by atoms with Gasteiger partial charge in [0.2, 0.25) is 0 Å². The number of methoxy groups -OCH3 is 1. The van der Waals surface area contributed by atoms with E-state index in [9.17, 15) is 14.4 Å². The lowest BCUT2D eigenvalue weighted by atomic mass is 9.99. The minimum atomic E-state index is -0.651. The number of ether oxygens (including phenoxy) is 1. The van der Waals surface area contributed by atoms with Crippen LogP contribution < -0.4 is 0 Å². The number of thiophene rings is 1. The Hall–Kier alpha value is -2.41. The molecule has 0 saturated carbocycles. The highest BCUT2D eigenvalue weighted by molar-refractivity contribution is 7.12. The summed E-state index contributed by atoms with van der Waals surface area (Å²) in [6.07, 6.45) is 0. The Morgan fingerprint density at radius 2 is 1.86 bits per heavy atom. The van der Waals surface area contributed by atoms with Gasteiger partial charge < -0.3 is 14.2 Å². The maximum atomic E-state index is 13.4. The number of Topliss-reactive ketones (excluding diaryl/α,β-unsaturated/α-hetero) is 1. The summed E-state index contributed by atoms with van der Waals surface area (Å²) in [7, 11) is 3.05. The minimum absolute atomic E-state index is 0.149. The lowest BCUT2D eigenvalue weighted by molar-refractivity contribution is 0.0587. The fourth-order valence-corrected chi connectivity index (χ4v) is 4.11. The highest BCUT2D eigenvalue weighted by Gasteiger charge is 2.33. The van der Waals surface area contributed by atoms with Gasteiger partial charge in [-0.3, -0.25) is 9.59 Å². The predicted octanol–water partition coefficient (Wildman–Crippen LogP) is 3.86. The normalized spacial score (nSPS) is 12.1. The monoisotopic (exact) mass is 404 g/mol. The Balaban J connectivity index is 2.46. The molecule has 2 heterocycles. The summed E-state index contributed by atoms with van der Waals surface area (Å²) in [5, 5.41) is 1.85. The van der Waals surface area contributed by atoms with Crippen molar-refractivity contribution in [1.29, 1.82) is 0 Å². The summed E-state index contributed by atoms with van der Waals surface area (Å²) >= 11 is 1.36. The van der Waals surface area contributed by atoms with Crippen molar-refractivity contribution < 1.29 is 19.1 Å². The smallest absolute Gasteiger partial charge is 0.354 e. The van der Waals surface area contributed by atoms with Crippen molar-refractivity contribution in [2.24, 2.45) is 13.0 Å². The second-order valence-electron chi connectivity index (χ2n) is 7.35. The van der Waals surface area contributed by atoms with E-state index in [0.717, 1.165) is 0 Å². The zero-order chi connectivity index (χ0) is 21.2. The van der Waals surface area contributed by atoms with Crippen molar-refractivity contribution >= 4 is 29.0 Å². The van der Waals surface area contributed by atoms with E-state index in [2.05, 4.69) is 0 Å². The fourth-order valence-electron chi connectivity index (χ4n) is 3.43. The van der Waals surface area contributed by atoms with E-state index in [1.807, 2.05) is 25.3 Å². The van der Waals surface area contributed by atoms with Gasteiger partial charge in [-0.1, -0.05) is 19.9 Å². The van der Waals surface area contributed by atoms with Crippen LogP contribution in [0.4, 0.5) is 0 Å². The molecule has 2 aromatic heterocycles. The van der Waals surface area contributed by atoms with Crippen LogP contribution in [0.1, 0.15) is 62.5 Å². The molecular weight excluding hydrogens is 376 g/mol. The van der Waals surface area contributed by atoms with Crippen molar-refractivity contribution in [3.05, 3.63) is 44.9 Å². The highest BCUT2D eigenvalue weighted by Crippen LogP contribution is 2.26. The van der Waals surface area contributed by atoms with Crippen LogP contribution in [-0.2, 0) is 11.8 Å². The third-order valence-corrected chi connectivity index (χ3v) is 5.82. The molecule has 1 amide bonds. The van der Waals surface area contributed by atoms with Gasteiger partial charge in [-0.05, 0) is 43.7 Å². The molecule has 0 unspecified atom stereocenters. The van der Waals surface area contributed by atoms with Crippen LogP contribution in [0, 0.1) is 19.8 Å². The second-order valence-corrected chi connectivity index (χ2v) is 8.30. The maximum absolute atomic E-state index is 13.4. The molecule has 0 aromatic carbocycles. The number of aromatic nitrogens is 1. The molecule has 0 aliphatic rings. The molecule has 0 spiro atoms. The van der Waals surface area contributed by atoms with Crippen LogP contribution in [0.3, 0.4) is 0 Å². The summed E-state index contributed by atoms with van der Waals surface area (Å²) in [5.41, 5.74) is 2.10. The molecule has 6 nitrogen and oxygen atoms in total. The Morgan fingerprint density at radius 1 is 1.21 bits per heavy atom. The summed E-state index contributed by atoms with van der Waals surface area (Å²) in [5.74, 6) is -0.596. The molecule has 0 fully saturated rings. The minimum Gasteiger partial charge on any atom is -0.464 e. The molecule has 0 radical (unpaired) electrons. The van der Waals surface area contributed by atoms with E-state index in [1.54, 1.807) is 43.4 Å². The van der Waals surface area contributed by atoms with E-state index in [4.69, 9.17) is 4.74 Å². The zero-order valence-electron chi connectivity index (χ0n) is 17.5. The number of hydrogen-bond donors (Lipinski definition) is 0. The Bertz CT molecular complexity index is 881. The lowest BCUT2D eigenvalue weighted by Gasteiger charge is -2.30. The van der Waals surface area contributed by atoms with Gasteiger partial charge in [0.1, 0.15) is 5.69 Å². The van der Waals surface area contributed by atoms with E-state index in [0.29, 0.717) is 33.9 Å². The van der Waals surface area contributed by atoms with Gasteiger partial charge in [0.05, 0.1) is 18.0 Å². The number of ketones is 1. The molecule has 0 bridgehead atoms. The highest BCUT2D eigenvalue weighted by atomic mass is 32.1. The van der Waals surface area contributed by atoms with Crippen molar-refractivity contribution in [3.63, 3.8) is 0 Å². The molecule has 0 aliphatic heterocycles. The molecule has 0 aliphatic carbocycles. The van der Waals surface area contributed by atoms with Gasteiger partial charge >= 0.3 is 5.97 Å². The third kappa shape index (κ3) is 4.04. The fraction of sp³-hybridized carbons (Fsp3) is 0.476. The van der Waals surface area contributed by atoms with E-state index in [1.165, 1.54) is 18.4 Å². The number of hydrogen-bond acceptors (Lipinski definition) is 5. The average molecular weight is 405 g/mol. The number of carbonyl (C=O) groups is 3. The van der Waals surface area contributed by atoms with E-state index in [-0.39, 0.29) is 17.6 Å². The van der Waals surface area contributed by atoms with Crippen molar-refractivity contribution in [1.82, 2.24) is 9.47 Å². The molecule has 2 aromatic rings. The van der Waals surface area contributed by atoms with Crippen LogP contribution in [0.25, 0.3) is 0 Å². The lowest BCUT2D eigenvalue weighted by Crippen LogP contribution is -2.45. The molecule has 28 heavy (non-hydrogen) atoms. The van der Waals surface area contributed by atoms with Crippen LogP contribution in [-0.4, -0.2) is 46.8 Å². The van der Waals surface area contributed by atoms with E-state index >= 15 is 0 Å². The first-order valence-corrected chi connectivity index (χ1v) is 10.1. The van der Waals surface area contributed by atoms with Crippen LogP contribution in [0.15, 0.2) is 17.5 Å².